The van der Waals surface area contributed by atoms with Crippen molar-refractivity contribution in [1.29, 1.82) is 0 Å². The minimum atomic E-state index is -0.0473. The zero-order valence-corrected chi connectivity index (χ0v) is 19.7. The van der Waals surface area contributed by atoms with Crippen LogP contribution in [0.5, 0.6) is 0 Å². The summed E-state index contributed by atoms with van der Waals surface area (Å²) in [7, 11) is 0. The number of amides is 2. The minimum Gasteiger partial charge on any atom is -0.332 e. The largest absolute Gasteiger partial charge is 0.332 e. The predicted molar refractivity (Wildman–Crippen MR) is 124 cm³/mol. The van der Waals surface area contributed by atoms with E-state index in [0.717, 1.165) is 55.3 Å². The number of hydrogen-bond acceptors (Lipinski definition) is 4. The molecule has 1 aromatic rings. The van der Waals surface area contributed by atoms with E-state index in [4.69, 9.17) is 9.97 Å². The molecule has 0 N–H and O–H groups in total. The first-order chi connectivity index (χ1) is 15.6. The van der Waals surface area contributed by atoms with Crippen LogP contribution in [0.15, 0.2) is 0 Å². The van der Waals surface area contributed by atoms with Crippen LogP contribution in [0.3, 0.4) is 0 Å². The number of piperidine rings is 1. The first-order valence-corrected chi connectivity index (χ1v) is 13.1. The van der Waals surface area contributed by atoms with E-state index in [0.29, 0.717) is 24.7 Å². The Morgan fingerprint density at radius 2 is 1.59 bits per heavy atom. The van der Waals surface area contributed by atoms with Gasteiger partial charge in [-0.1, -0.05) is 32.1 Å². The number of anilines is 1. The Morgan fingerprint density at radius 1 is 0.906 bits per heavy atom. The zero-order chi connectivity index (χ0) is 22.1. The number of carbonyl (C=O) groups excluding carboxylic acids is 2. The summed E-state index contributed by atoms with van der Waals surface area (Å²) < 4.78 is 0. The zero-order valence-electron chi connectivity index (χ0n) is 19.7. The number of carbonyl (C=O) groups is 2. The van der Waals surface area contributed by atoms with E-state index < -0.39 is 0 Å². The molecule has 1 aromatic heterocycles. The molecule has 2 aliphatic carbocycles. The normalized spacial score (nSPS) is 24.9. The van der Waals surface area contributed by atoms with Crippen LogP contribution in [0.1, 0.15) is 107 Å². The Hall–Kier alpha value is -1.98. The molecule has 0 aromatic carbocycles. The van der Waals surface area contributed by atoms with Gasteiger partial charge in [0.05, 0.1) is 12.5 Å². The molecule has 1 saturated heterocycles. The smallest absolute Gasteiger partial charge is 0.232 e. The number of nitrogens with zero attached hydrogens (tertiary/aromatic N) is 4. The summed E-state index contributed by atoms with van der Waals surface area (Å²) in [5, 5.41) is 0. The summed E-state index contributed by atoms with van der Waals surface area (Å²) in [4.78, 5) is 40.0. The molecule has 2 aliphatic heterocycles. The van der Waals surface area contributed by atoms with Gasteiger partial charge >= 0.3 is 0 Å². The average Bonchev–Trinajstić information content (AvgIpc) is 3.43. The van der Waals surface area contributed by atoms with E-state index in [2.05, 4.69) is 4.90 Å². The number of hydrogen-bond donors (Lipinski definition) is 0. The van der Waals surface area contributed by atoms with Crippen LogP contribution in [0, 0.1) is 18.8 Å². The van der Waals surface area contributed by atoms with Crippen molar-refractivity contribution in [3.63, 3.8) is 0 Å². The lowest BCUT2D eigenvalue weighted by molar-refractivity contribution is -0.136. The van der Waals surface area contributed by atoms with E-state index in [1.807, 2.05) is 11.8 Å². The van der Waals surface area contributed by atoms with Gasteiger partial charge in [0.25, 0.3) is 0 Å². The Bertz CT molecular complexity index is 858. The molecule has 1 atom stereocenters. The quantitative estimate of drug-likeness (QED) is 0.657. The molecule has 1 unspecified atom stereocenters. The third-order valence-corrected chi connectivity index (χ3v) is 8.32. The Morgan fingerprint density at radius 3 is 2.38 bits per heavy atom. The van der Waals surface area contributed by atoms with Crippen molar-refractivity contribution < 1.29 is 9.59 Å². The molecule has 6 heteroatoms. The highest BCUT2D eigenvalue weighted by Gasteiger charge is 2.36. The van der Waals surface area contributed by atoms with Crippen LogP contribution in [0.4, 0.5) is 5.82 Å². The summed E-state index contributed by atoms with van der Waals surface area (Å²) in [6.45, 7) is 3.60. The number of fused-ring (bicyclic) bond motifs is 1. The molecule has 4 aliphatic rings. The monoisotopic (exact) mass is 438 g/mol. The molecule has 2 amide bonds. The maximum absolute atomic E-state index is 13.2. The van der Waals surface area contributed by atoms with Crippen molar-refractivity contribution in [2.75, 3.05) is 18.0 Å². The molecule has 0 radical (unpaired) electrons. The Kier molecular flexibility index (Phi) is 6.47. The number of aromatic nitrogens is 2. The highest BCUT2D eigenvalue weighted by molar-refractivity contribution is 6.00. The highest BCUT2D eigenvalue weighted by Crippen LogP contribution is 2.37. The minimum absolute atomic E-state index is 0.0473. The Balaban J connectivity index is 1.38. The molecule has 2 saturated carbocycles. The highest BCUT2D eigenvalue weighted by atomic mass is 16.2. The van der Waals surface area contributed by atoms with Gasteiger partial charge in [-0.05, 0) is 63.7 Å². The van der Waals surface area contributed by atoms with Crippen molar-refractivity contribution in [2.24, 2.45) is 11.8 Å². The van der Waals surface area contributed by atoms with E-state index >= 15 is 0 Å². The lowest BCUT2D eigenvalue weighted by atomic mass is 9.89. The first-order valence-electron chi connectivity index (χ1n) is 13.1. The fourth-order valence-electron chi connectivity index (χ4n) is 6.44. The predicted octanol–water partition coefficient (Wildman–Crippen LogP) is 4.89. The molecule has 5 rings (SSSR count). The standard InChI is InChI=1S/C26H38N4O2/c1-18-21-16-24(32)30(17-20-11-3-2-4-12-20)26(21)28-25(27-18)22-13-7-8-14-29(22)23(31)15-19-9-5-6-10-19/h19-20,22H,2-17H2,1H3. The fourth-order valence-corrected chi connectivity index (χ4v) is 6.44. The van der Waals surface area contributed by atoms with Crippen LogP contribution in [0.25, 0.3) is 0 Å². The third kappa shape index (κ3) is 4.42. The van der Waals surface area contributed by atoms with E-state index in [-0.39, 0.29) is 17.9 Å². The topological polar surface area (TPSA) is 66.4 Å². The maximum Gasteiger partial charge on any atom is 0.232 e. The van der Waals surface area contributed by atoms with Gasteiger partial charge in [-0.2, -0.15) is 0 Å². The second kappa shape index (κ2) is 9.48. The van der Waals surface area contributed by atoms with Crippen molar-refractivity contribution in [3.8, 4) is 0 Å². The van der Waals surface area contributed by atoms with Crippen molar-refractivity contribution in [1.82, 2.24) is 14.9 Å². The lowest BCUT2D eigenvalue weighted by Crippen LogP contribution is -2.40. The lowest BCUT2D eigenvalue weighted by Gasteiger charge is -2.36. The van der Waals surface area contributed by atoms with Gasteiger partial charge in [0, 0.05) is 30.8 Å². The molecule has 174 valence electrons. The molecule has 32 heavy (non-hydrogen) atoms. The van der Waals surface area contributed by atoms with Gasteiger partial charge in [-0.3, -0.25) is 14.5 Å². The van der Waals surface area contributed by atoms with Gasteiger partial charge in [-0.15, -0.1) is 0 Å². The maximum atomic E-state index is 13.2. The molecule has 3 heterocycles. The van der Waals surface area contributed by atoms with Crippen molar-refractivity contribution >= 4 is 17.6 Å². The van der Waals surface area contributed by atoms with Crippen molar-refractivity contribution in [3.05, 3.63) is 17.1 Å². The van der Waals surface area contributed by atoms with Crippen molar-refractivity contribution in [2.45, 2.75) is 103 Å². The van der Waals surface area contributed by atoms with Crippen LogP contribution in [-0.2, 0) is 16.0 Å². The van der Waals surface area contributed by atoms with E-state index in [9.17, 15) is 9.59 Å². The van der Waals surface area contributed by atoms with Crippen LogP contribution in [-0.4, -0.2) is 39.8 Å². The molecule has 3 fully saturated rings. The average molecular weight is 439 g/mol. The summed E-state index contributed by atoms with van der Waals surface area (Å²) in [5.74, 6) is 3.16. The molecular weight excluding hydrogens is 400 g/mol. The molecule has 0 bridgehead atoms. The van der Waals surface area contributed by atoms with Gasteiger partial charge in [-0.25, -0.2) is 9.97 Å². The summed E-state index contributed by atoms with van der Waals surface area (Å²) in [6.07, 6.45) is 15.4. The first kappa shape index (κ1) is 21.8. The van der Waals surface area contributed by atoms with Crippen LogP contribution < -0.4 is 4.90 Å². The molecule has 6 nitrogen and oxygen atoms in total. The van der Waals surface area contributed by atoms with Crippen LogP contribution >= 0.6 is 0 Å². The second-order valence-corrected chi connectivity index (χ2v) is 10.6. The van der Waals surface area contributed by atoms with E-state index in [1.165, 1.54) is 57.8 Å². The summed E-state index contributed by atoms with van der Waals surface area (Å²) >= 11 is 0. The van der Waals surface area contributed by atoms with Gasteiger partial charge < -0.3 is 4.90 Å². The number of rotatable bonds is 5. The Labute approximate surface area is 192 Å². The van der Waals surface area contributed by atoms with Gasteiger partial charge in [0.2, 0.25) is 11.8 Å². The van der Waals surface area contributed by atoms with Crippen LogP contribution in [0.2, 0.25) is 0 Å². The fraction of sp³-hybridized carbons (Fsp3) is 0.769. The molecular formula is C26H38N4O2. The third-order valence-electron chi connectivity index (χ3n) is 8.32. The summed E-state index contributed by atoms with van der Waals surface area (Å²) in [5.41, 5.74) is 1.91. The van der Waals surface area contributed by atoms with E-state index in [1.54, 1.807) is 0 Å². The summed E-state index contributed by atoms with van der Waals surface area (Å²) in [6, 6.07) is -0.0473. The molecule has 0 spiro atoms. The number of likely N-dealkylation sites (tertiary alicyclic amines) is 1. The van der Waals surface area contributed by atoms with Gasteiger partial charge in [0.15, 0.2) is 5.82 Å². The SMILES string of the molecule is Cc1nc(C2CCCCN2C(=O)CC2CCCC2)nc2c1CC(=O)N2CC1CCCCC1. The second-order valence-electron chi connectivity index (χ2n) is 10.6. The number of aryl methyl sites for hydroxylation is 1. The van der Waals surface area contributed by atoms with Gasteiger partial charge in [0.1, 0.15) is 5.82 Å².